The molecule has 0 radical (unpaired) electrons. The maximum Gasteiger partial charge on any atom is 0.416 e. The molecule has 7 nitrogen and oxygen atoms in total. The SMILES string of the molecule is O=C(O)c1nc(NCCC2CCC2)c2c(n1)nc(C1=CCCCC1)n2Cc1ccc(C(F)(F)F)cc1. The van der Waals surface area contributed by atoms with Crippen molar-refractivity contribution in [3.63, 3.8) is 0 Å². The molecule has 0 bridgehead atoms. The number of alkyl halides is 3. The van der Waals surface area contributed by atoms with E-state index in [9.17, 15) is 23.1 Å². The number of carboxylic acids is 1. The summed E-state index contributed by atoms with van der Waals surface area (Å²) in [5, 5.41) is 12.9. The van der Waals surface area contributed by atoms with E-state index in [1.54, 1.807) is 0 Å². The van der Waals surface area contributed by atoms with E-state index in [0.29, 0.717) is 35.2 Å². The van der Waals surface area contributed by atoms with Gasteiger partial charge in [-0.05, 0) is 61.3 Å². The Morgan fingerprint density at radius 2 is 1.86 bits per heavy atom. The highest BCUT2D eigenvalue weighted by Gasteiger charge is 2.30. The molecule has 0 spiro atoms. The van der Waals surface area contributed by atoms with Gasteiger partial charge in [-0.15, -0.1) is 0 Å². The molecule has 0 unspecified atom stereocenters. The number of hydrogen-bond acceptors (Lipinski definition) is 5. The van der Waals surface area contributed by atoms with E-state index in [-0.39, 0.29) is 18.0 Å². The lowest BCUT2D eigenvalue weighted by Crippen LogP contribution is -2.17. The topological polar surface area (TPSA) is 92.9 Å². The van der Waals surface area contributed by atoms with Crippen molar-refractivity contribution in [3.8, 4) is 0 Å². The average molecular weight is 500 g/mol. The van der Waals surface area contributed by atoms with Crippen LogP contribution < -0.4 is 5.32 Å². The van der Waals surface area contributed by atoms with Crippen LogP contribution in [0.25, 0.3) is 16.7 Å². The molecule has 2 N–H and O–H groups in total. The third-order valence-electron chi connectivity index (χ3n) is 7.06. The van der Waals surface area contributed by atoms with Crippen LogP contribution >= 0.6 is 0 Å². The lowest BCUT2D eigenvalue weighted by atomic mass is 9.83. The number of aromatic nitrogens is 4. The highest BCUT2D eigenvalue weighted by Crippen LogP contribution is 2.34. The van der Waals surface area contributed by atoms with E-state index in [1.165, 1.54) is 31.4 Å². The van der Waals surface area contributed by atoms with Gasteiger partial charge in [-0.1, -0.05) is 37.5 Å². The van der Waals surface area contributed by atoms with Gasteiger partial charge in [-0.25, -0.2) is 19.7 Å². The standard InChI is InChI=1S/C26H28F3N5O2/c27-26(28,29)19-11-9-17(10-12-19)15-34-20-21(30-14-13-16-5-4-6-16)31-23(25(35)36)32-22(20)33-24(34)18-7-2-1-3-8-18/h7,9-12,16H,1-6,8,13-15H2,(H,35,36)(H,30,31,32). The van der Waals surface area contributed by atoms with Crippen LogP contribution in [0.15, 0.2) is 30.3 Å². The number of rotatable bonds is 8. The van der Waals surface area contributed by atoms with Crippen molar-refractivity contribution >= 4 is 28.5 Å². The molecular formula is C26H28F3N5O2. The van der Waals surface area contributed by atoms with Crippen LogP contribution in [0.1, 0.15) is 78.9 Å². The molecule has 2 aliphatic rings. The minimum absolute atomic E-state index is 0.258. The van der Waals surface area contributed by atoms with Gasteiger partial charge >= 0.3 is 12.1 Å². The molecule has 0 amide bonds. The maximum absolute atomic E-state index is 13.1. The summed E-state index contributed by atoms with van der Waals surface area (Å²) in [4.78, 5) is 25.0. The number of anilines is 1. The van der Waals surface area contributed by atoms with Crippen LogP contribution in [-0.4, -0.2) is 37.1 Å². The Hall–Kier alpha value is -3.43. The van der Waals surface area contributed by atoms with Crippen molar-refractivity contribution in [2.45, 2.75) is 64.1 Å². The monoisotopic (exact) mass is 499 g/mol. The zero-order valence-corrected chi connectivity index (χ0v) is 19.8. The number of imidazole rings is 1. The first-order chi connectivity index (χ1) is 17.3. The fraction of sp³-hybridized carbons (Fsp3) is 0.462. The maximum atomic E-state index is 13.1. The van der Waals surface area contributed by atoms with Crippen molar-refractivity contribution in [1.82, 2.24) is 19.5 Å². The molecule has 5 rings (SSSR count). The van der Waals surface area contributed by atoms with Crippen molar-refractivity contribution in [2.24, 2.45) is 5.92 Å². The molecule has 190 valence electrons. The average Bonchev–Trinajstić information content (AvgIpc) is 3.19. The molecule has 0 saturated heterocycles. The summed E-state index contributed by atoms with van der Waals surface area (Å²) < 4.78 is 41.1. The lowest BCUT2D eigenvalue weighted by molar-refractivity contribution is -0.137. The van der Waals surface area contributed by atoms with Crippen molar-refractivity contribution in [2.75, 3.05) is 11.9 Å². The predicted octanol–water partition coefficient (Wildman–Crippen LogP) is 6.15. The number of nitrogens with one attached hydrogen (secondary N) is 1. The van der Waals surface area contributed by atoms with E-state index >= 15 is 0 Å². The molecule has 1 saturated carbocycles. The van der Waals surface area contributed by atoms with Gasteiger partial charge in [-0.3, -0.25) is 0 Å². The number of benzene rings is 1. The Morgan fingerprint density at radius 1 is 1.08 bits per heavy atom. The Morgan fingerprint density at radius 3 is 2.47 bits per heavy atom. The van der Waals surface area contributed by atoms with E-state index < -0.39 is 17.7 Å². The number of carbonyl (C=O) groups is 1. The Balaban J connectivity index is 1.58. The first-order valence-electron chi connectivity index (χ1n) is 12.4. The molecule has 1 fully saturated rings. The van der Waals surface area contributed by atoms with Gasteiger partial charge in [-0.2, -0.15) is 13.2 Å². The fourth-order valence-electron chi connectivity index (χ4n) is 4.85. The summed E-state index contributed by atoms with van der Waals surface area (Å²) in [5.41, 5.74) is 1.83. The number of hydrogen-bond donors (Lipinski definition) is 2. The second kappa shape index (κ2) is 9.91. The van der Waals surface area contributed by atoms with Gasteiger partial charge in [0.2, 0.25) is 5.82 Å². The van der Waals surface area contributed by atoms with Gasteiger partial charge in [0, 0.05) is 13.1 Å². The van der Waals surface area contributed by atoms with Crippen molar-refractivity contribution < 1.29 is 23.1 Å². The molecular weight excluding hydrogens is 471 g/mol. The minimum Gasteiger partial charge on any atom is -0.475 e. The Kier molecular flexibility index (Phi) is 6.68. The second-order valence-corrected chi connectivity index (χ2v) is 9.58. The van der Waals surface area contributed by atoms with E-state index in [1.807, 2.05) is 4.57 Å². The van der Waals surface area contributed by atoms with E-state index in [2.05, 4.69) is 21.4 Å². The van der Waals surface area contributed by atoms with Gasteiger partial charge < -0.3 is 15.0 Å². The lowest BCUT2D eigenvalue weighted by Gasteiger charge is -2.25. The van der Waals surface area contributed by atoms with Gasteiger partial charge in [0.15, 0.2) is 11.5 Å². The predicted molar refractivity (Wildman–Crippen MR) is 130 cm³/mol. The van der Waals surface area contributed by atoms with Crippen LogP contribution in [0.4, 0.5) is 19.0 Å². The quantitative estimate of drug-likeness (QED) is 0.386. The number of aromatic carboxylic acids is 1. The third kappa shape index (κ3) is 5.08. The summed E-state index contributed by atoms with van der Waals surface area (Å²) >= 11 is 0. The highest BCUT2D eigenvalue weighted by atomic mass is 19.4. The molecule has 0 aliphatic heterocycles. The molecule has 2 aliphatic carbocycles. The van der Waals surface area contributed by atoms with Crippen LogP contribution in [0, 0.1) is 5.92 Å². The number of allylic oxidation sites excluding steroid dienone is 2. The van der Waals surface area contributed by atoms with Crippen LogP contribution in [0.2, 0.25) is 0 Å². The molecule has 2 aromatic heterocycles. The molecule has 10 heteroatoms. The molecule has 3 aromatic rings. The molecule has 0 atom stereocenters. The number of carboxylic acid groups (broad SMARTS) is 1. The fourth-order valence-corrected chi connectivity index (χ4v) is 4.85. The summed E-state index contributed by atoms with van der Waals surface area (Å²) in [7, 11) is 0. The number of fused-ring (bicyclic) bond motifs is 1. The third-order valence-corrected chi connectivity index (χ3v) is 7.06. The van der Waals surface area contributed by atoms with Gasteiger partial charge in [0.05, 0.1) is 5.56 Å². The summed E-state index contributed by atoms with van der Waals surface area (Å²) in [6.07, 6.45) is 6.14. The van der Waals surface area contributed by atoms with Crippen molar-refractivity contribution in [1.29, 1.82) is 0 Å². The first-order valence-corrected chi connectivity index (χ1v) is 12.4. The minimum atomic E-state index is -4.41. The van der Waals surface area contributed by atoms with Crippen LogP contribution in [0.3, 0.4) is 0 Å². The largest absolute Gasteiger partial charge is 0.475 e. The van der Waals surface area contributed by atoms with Gasteiger partial charge in [0.25, 0.3) is 0 Å². The normalized spacial score (nSPS) is 16.6. The van der Waals surface area contributed by atoms with Crippen LogP contribution in [0.5, 0.6) is 0 Å². The molecule has 36 heavy (non-hydrogen) atoms. The second-order valence-electron chi connectivity index (χ2n) is 9.58. The van der Waals surface area contributed by atoms with Crippen molar-refractivity contribution in [3.05, 3.63) is 53.1 Å². The highest BCUT2D eigenvalue weighted by molar-refractivity contribution is 5.91. The van der Waals surface area contributed by atoms with E-state index in [4.69, 9.17) is 4.98 Å². The Bertz CT molecular complexity index is 1290. The number of halogens is 3. The zero-order valence-electron chi connectivity index (χ0n) is 19.8. The summed E-state index contributed by atoms with van der Waals surface area (Å²) in [6.45, 7) is 0.897. The summed E-state index contributed by atoms with van der Waals surface area (Å²) in [5.74, 6) is 0.128. The summed E-state index contributed by atoms with van der Waals surface area (Å²) in [6, 6.07) is 5.07. The van der Waals surface area contributed by atoms with Crippen LogP contribution in [-0.2, 0) is 12.7 Å². The molecule has 2 heterocycles. The molecule has 1 aromatic carbocycles. The first kappa shape index (κ1) is 24.3. The Labute approximate surface area is 206 Å². The number of nitrogens with zero attached hydrogens (tertiary/aromatic N) is 4. The zero-order chi connectivity index (χ0) is 25.3. The van der Waals surface area contributed by atoms with E-state index in [0.717, 1.165) is 49.8 Å². The smallest absolute Gasteiger partial charge is 0.416 e. The van der Waals surface area contributed by atoms with Gasteiger partial charge in [0.1, 0.15) is 11.3 Å².